The minimum atomic E-state index is -1.19. The summed E-state index contributed by atoms with van der Waals surface area (Å²) >= 11 is 0. The summed E-state index contributed by atoms with van der Waals surface area (Å²) in [5, 5.41) is 46.0. The first-order valence-electron chi connectivity index (χ1n) is 8.07. The number of aliphatic hydroxyl groups excluding tert-OH is 1. The second-order valence-electron chi connectivity index (χ2n) is 5.35. The van der Waals surface area contributed by atoms with Gasteiger partial charge in [0.2, 0.25) is 0 Å². The quantitative estimate of drug-likeness (QED) is 0.400. The summed E-state index contributed by atoms with van der Waals surface area (Å²) in [6.45, 7) is 20.3. The largest absolute Gasteiger partial charge is 4.00 e. The molecule has 10 heteroatoms. The summed E-state index contributed by atoms with van der Waals surface area (Å²) in [7, 11) is 0. The molecule has 0 heterocycles. The van der Waals surface area contributed by atoms with Gasteiger partial charge < -0.3 is 44.7 Å². The molecule has 0 rings (SSSR count). The molecule has 0 aromatic rings. The van der Waals surface area contributed by atoms with Gasteiger partial charge in [-0.15, -0.1) is 0 Å². The van der Waals surface area contributed by atoms with E-state index in [0.717, 1.165) is 12.8 Å². The number of aliphatic carboxylic acids is 4. The molecule has 0 spiro atoms. The van der Waals surface area contributed by atoms with E-state index in [1.807, 2.05) is 0 Å². The SMILES string of the molecule is C=C(C)C(=O)[O-].C=C(C)C(=O)[O-].C=C(C)C(=O)[O-].C=C(C)C(=O)[O-].CCCCO.[Zr+4]. The molecule has 0 aromatic heterocycles. The molecule has 0 unspecified atom stereocenters. The van der Waals surface area contributed by atoms with Gasteiger partial charge in [0.1, 0.15) is 0 Å². The predicted molar refractivity (Wildman–Crippen MR) is 101 cm³/mol. The van der Waals surface area contributed by atoms with E-state index in [-0.39, 0.29) is 48.5 Å². The second kappa shape index (κ2) is 28.9. The van der Waals surface area contributed by atoms with E-state index in [1.54, 1.807) is 0 Å². The Morgan fingerprint density at radius 1 is 0.633 bits per heavy atom. The number of carboxylic acids is 4. The van der Waals surface area contributed by atoms with Crippen LogP contribution in [0.4, 0.5) is 0 Å². The van der Waals surface area contributed by atoms with Crippen molar-refractivity contribution in [2.24, 2.45) is 0 Å². The second-order valence-corrected chi connectivity index (χ2v) is 5.35. The number of aliphatic hydroxyl groups is 1. The fourth-order valence-electron chi connectivity index (χ4n) is 0.158. The van der Waals surface area contributed by atoms with Crippen LogP contribution in [0.3, 0.4) is 0 Å². The third kappa shape index (κ3) is 63.6. The fraction of sp³-hybridized carbons (Fsp3) is 0.400. The van der Waals surface area contributed by atoms with Gasteiger partial charge in [-0.3, -0.25) is 0 Å². The Hall–Kier alpha value is -2.32. The Kier molecular flexibility index (Phi) is 40.4. The van der Waals surface area contributed by atoms with Crippen LogP contribution in [0.5, 0.6) is 0 Å². The monoisotopic (exact) mass is 504 g/mol. The van der Waals surface area contributed by atoms with Crippen molar-refractivity contribution in [3.63, 3.8) is 0 Å². The Labute approximate surface area is 197 Å². The average Bonchev–Trinajstić information content (AvgIpc) is 2.57. The molecule has 168 valence electrons. The molecule has 0 aliphatic heterocycles. The standard InChI is InChI=1S/4C4H6O2.C4H10O.Zr/c4*1-3(2)4(5)6;1-2-3-4-5;/h4*1H2,2H3,(H,5,6);5H,2-4H2,1H3;/q;;;;;+4/p-4. The van der Waals surface area contributed by atoms with E-state index in [1.165, 1.54) is 27.7 Å². The van der Waals surface area contributed by atoms with Crippen molar-refractivity contribution >= 4 is 23.9 Å². The van der Waals surface area contributed by atoms with Crippen LogP contribution in [0.1, 0.15) is 47.5 Å². The number of rotatable bonds is 6. The molecular formula is C20H30O9Zr. The Balaban J connectivity index is -0.0000000596. The van der Waals surface area contributed by atoms with Gasteiger partial charge in [-0.1, -0.05) is 39.7 Å². The zero-order valence-corrected chi connectivity index (χ0v) is 20.6. The number of hydrogen-bond acceptors (Lipinski definition) is 9. The summed E-state index contributed by atoms with van der Waals surface area (Å²) in [6, 6.07) is 0. The van der Waals surface area contributed by atoms with Crippen LogP contribution in [-0.4, -0.2) is 35.6 Å². The Morgan fingerprint density at radius 3 is 0.767 bits per heavy atom. The normalized spacial score (nSPS) is 7.40. The van der Waals surface area contributed by atoms with Crippen molar-refractivity contribution < 1.29 is 70.9 Å². The van der Waals surface area contributed by atoms with Crippen LogP contribution in [-0.2, 0) is 45.4 Å². The predicted octanol–water partition coefficient (Wildman–Crippen LogP) is -1.97. The van der Waals surface area contributed by atoms with Crippen molar-refractivity contribution in [1.29, 1.82) is 0 Å². The zero-order valence-electron chi connectivity index (χ0n) is 18.2. The van der Waals surface area contributed by atoms with Crippen molar-refractivity contribution in [2.45, 2.75) is 47.5 Å². The van der Waals surface area contributed by atoms with Crippen LogP contribution >= 0.6 is 0 Å². The molecule has 0 atom stereocenters. The Morgan fingerprint density at radius 2 is 0.767 bits per heavy atom. The third-order valence-electron chi connectivity index (χ3n) is 1.91. The first-order chi connectivity index (χ1) is 13.0. The molecule has 0 amide bonds. The number of carbonyl (C=O) groups excluding carboxylic acids is 4. The summed E-state index contributed by atoms with van der Waals surface area (Å²) in [5.41, 5.74) is 0.259. The van der Waals surface area contributed by atoms with E-state index in [9.17, 15) is 39.6 Å². The van der Waals surface area contributed by atoms with Gasteiger partial charge in [0.05, 0.1) is 23.9 Å². The molecule has 30 heavy (non-hydrogen) atoms. The maximum atomic E-state index is 9.49. The summed E-state index contributed by atoms with van der Waals surface area (Å²) in [5.74, 6) is -4.74. The van der Waals surface area contributed by atoms with Gasteiger partial charge in [-0.25, -0.2) is 0 Å². The van der Waals surface area contributed by atoms with Gasteiger partial charge in [-0.2, -0.15) is 0 Å². The van der Waals surface area contributed by atoms with E-state index in [2.05, 4.69) is 33.2 Å². The maximum absolute atomic E-state index is 9.49. The first kappa shape index (κ1) is 41.9. The van der Waals surface area contributed by atoms with Gasteiger partial charge in [0.25, 0.3) is 0 Å². The molecule has 0 aliphatic rings. The smallest absolute Gasteiger partial charge is 0.545 e. The molecular weight excluding hydrogens is 475 g/mol. The molecule has 9 nitrogen and oxygen atoms in total. The molecule has 0 saturated carbocycles. The molecule has 0 radical (unpaired) electrons. The summed E-state index contributed by atoms with van der Waals surface area (Å²) in [4.78, 5) is 38.0. The Bertz CT molecular complexity index is 433. The number of hydrogen-bond donors (Lipinski definition) is 1. The zero-order chi connectivity index (χ0) is 24.7. The van der Waals surface area contributed by atoms with E-state index in [0.29, 0.717) is 6.61 Å². The van der Waals surface area contributed by atoms with E-state index < -0.39 is 23.9 Å². The first-order valence-corrected chi connectivity index (χ1v) is 8.07. The van der Waals surface area contributed by atoms with Crippen LogP contribution < -0.4 is 20.4 Å². The van der Waals surface area contributed by atoms with Gasteiger partial charge in [-0.05, 0) is 56.4 Å². The molecule has 0 fully saturated rings. The van der Waals surface area contributed by atoms with Gasteiger partial charge in [0.15, 0.2) is 0 Å². The molecule has 0 saturated heterocycles. The van der Waals surface area contributed by atoms with Crippen molar-refractivity contribution in [2.75, 3.05) is 6.61 Å². The van der Waals surface area contributed by atoms with Gasteiger partial charge >= 0.3 is 26.2 Å². The minimum absolute atomic E-state index is 0. The maximum Gasteiger partial charge on any atom is 4.00 e. The number of carbonyl (C=O) groups is 4. The van der Waals surface area contributed by atoms with Crippen molar-refractivity contribution in [3.8, 4) is 0 Å². The fourth-order valence-corrected chi connectivity index (χ4v) is 0.158. The minimum Gasteiger partial charge on any atom is -0.545 e. The molecule has 0 aromatic carbocycles. The third-order valence-corrected chi connectivity index (χ3v) is 1.91. The number of unbranched alkanes of at least 4 members (excludes halogenated alkanes) is 1. The van der Waals surface area contributed by atoms with Crippen LogP contribution in [0.25, 0.3) is 0 Å². The molecule has 0 aliphatic carbocycles. The topological polar surface area (TPSA) is 181 Å². The van der Waals surface area contributed by atoms with Crippen LogP contribution in [0.15, 0.2) is 48.6 Å². The van der Waals surface area contributed by atoms with Crippen molar-refractivity contribution in [1.82, 2.24) is 0 Å². The van der Waals surface area contributed by atoms with E-state index in [4.69, 9.17) is 5.11 Å². The molecule has 1 N–H and O–H groups in total. The van der Waals surface area contributed by atoms with Crippen LogP contribution in [0, 0.1) is 0 Å². The van der Waals surface area contributed by atoms with E-state index >= 15 is 0 Å². The molecule has 0 bridgehead atoms. The summed E-state index contributed by atoms with van der Waals surface area (Å²) < 4.78 is 0. The average molecular weight is 506 g/mol. The van der Waals surface area contributed by atoms with Crippen LogP contribution in [0.2, 0.25) is 0 Å². The van der Waals surface area contributed by atoms with Crippen molar-refractivity contribution in [3.05, 3.63) is 48.6 Å². The summed E-state index contributed by atoms with van der Waals surface area (Å²) in [6.07, 6.45) is 2.04. The number of carboxylic acid groups (broad SMARTS) is 4. The van der Waals surface area contributed by atoms with Gasteiger partial charge in [0, 0.05) is 6.61 Å².